The summed E-state index contributed by atoms with van der Waals surface area (Å²) in [4.78, 5) is 13.1. The molecule has 7 heteroatoms. The van der Waals surface area contributed by atoms with E-state index in [2.05, 4.69) is 27.1 Å². The van der Waals surface area contributed by atoms with Crippen molar-refractivity contribution >= 4 is 11.8 Å². The molecule has 22 heavy (non-hydrogen) atoms. The Hall–Kier alpha value is -1.50. The number of halogens is 2. The molecule has 1 aromatic rings. The summed E-state index contributed by atoms with van der Waals surface area (Å²) < 4.78 is 28.4. The summed E-state index contributed by atoms with van der Waals surface area (Å²) in [6.45, 7) is 6.29. The molecule has 3 heterocycles. The normalized spacial score (nSPS) is 26.8. The van der Waals surface area contributed by atoms with Gasteiger partial charge in [-0.25, -0.2) is 4.98 Å². The first kappa shape index (κ1) is 14.1. The molecule has 0 spiro atoms. The van der Waals surface area contributed by atoms with Crippen LogP contribution >= 0.6 is 0 Å². The van der Waals surface area contributed by atoms with E-state index in [4.69, 9.17) is 0 Å². The Bertz CT molecular complexity index is 586. The van der Waals surface area contributed by atoms with Crippen molar-refractivity contribution in [3.63, 3.8) is 0 Å². The monoisotopic (exact) mass is 309 g/mol. The molecule has 0 amide bonds. The molecule has 120 valence electrons. The van der Waals surface area contributed by atoms with Gasteiger partial charge in [0.05, 0.1) is 0 Å². The maximum atomic E-state index is 14.2. The molecule has 0 aromatic carbocycles. The highest BCUT2D eigenvalue weighted by molar-refractivity contribution is 5.57. The number of nitrogens with one attached hydrogen (secondary N) is 1. The lowest BCUT2D eigenvalue weighted by atomic mass is 10.1. The van der Waals surface area contributed by atoms with Crippen molar-refractivity contribution < 1.29 is 8.78 Å². The number of piperazine rings is 1. The Labute approximate surface area is 128 Å². The van der Waals surface area contributed by atoms with Crippen molar-refractivity contribution in [3.8, 4) is 0 Å². The first-order valence-corrected chi connectivity index (χ1v) is 8.08. The molecule has 3 aliphatic rings. The maximum Gasteiger partial charge on any atom is 0.290 e. The summed E-state index contributed by atoms with van der Waals surface area (Å²) in [5.41, 5.74) is 0.619. The lowest BCUT2D eigenvalue weighted by molar-refractivity contribution is -0.00595. The number of hydrogen-bond donors (Lipinski definition) is 1. The van der Waals surface area contributed by atoms with Gasteiger partial charge in [0.1, 0.15) is 11.5 Å². The van der Waals surface area contributed by atoms with Crippen LogP contribution in [0.15, 0.2) is 0 Å². The van der Waals surface area contributed by atoms with E-state index < -0.39 is 5.92 Å². The van der Waals surface area contributed by atoms with Crippen LogP contribution in [0.1, 0.15) is 31.0 Å². The SMILES string of the molecule is C[C@H]1CCN1c1nc(N2CCNCC2)c2c(n1)C(F)(F)CC2. The number of nitrogens with zero attached hydrogens (tertiary/aromatic N) is 4. The van der Waals surface area contributed by atoms with Gasteiger partial charge in [-0.3, -0.25) is 0 Å². The first-order valence-electron chi connectivity index (χ1n) is 8.08. The smallest absolute Gasteiger partial charge is 0.290 e. The van der Waals surface area contributed by atoms with Crippen molar-refractivity contribution in [2.75, 3.05) is 42.5 Å². The van der Waals surface area contributed by atoms with Gasteiger partial charge in [0.25, 0.3) is 5.92 Å². The van der Waals surface area contributed by atoms with Crippen LogP contribution in [0.25, 0.3) is 0 Å². The fourth-order valence-corrected chi connectivity index (χ4v) is 3.47. The third-order valence-electron chi connectivity index (χ3n) is 5.00. The Morgan fingerprint density at radius 1 is 1.18 bits per heavy atom. The van der Waals surface area contributed by atoms with Crippen molar-refractivity contribution in [1.29, 1.82) is 0 Å². The van der Waals surface area contributed by atoms with E-state index in [1.807, 2.05) is 4.90 Å². The number of rotatable bonds is 2. The average Bonchev–Trinajstić information content (AvgIpc) is 2.82. The van der Waals surface area contributed by atoms with E-state index in [0.29, 0.717) is 24.0 Å². The van der Waals surface area contributed by atoms with Crippen LogP contribution in [0.3, 0.4) is 0 Å². The van der Waals surface area contributed by atoms with Gasteiger partial charge in [-0.15, -0.1) is 0 Å². The van der Waals surface area contributed by atoms with Crippen LogP contribution in [-0.4, -0.2) is 48.7 Å². The number of hydrogen-bond acceptors (Lipinski definition) is 5. The quantitative estimate of drug-likeness (QED) is 0.897. The first-order chi connectivity index (χ1) is 10.6. The van der Waals surface area contributed by atoms with E-state index in [0.717, 1.165) is 45.0 Å². The van der Waals surface area contributed by atoms with Gasteiger partial charge in [0, 0.05) is 50.7 Å². The molecule has 5 nitrogen and oxygen atoms in total. The van der Waals surface area contributed by atoms with Crippen LogP contribution in [0.4, 0.5) is 20.5 Å². The second kappa shape index (κ2) is 5.01. The zero-order valence-corrected chi connectivity index (χ0v) is 12.8. The van der Waals surface area contributed by atoms with Crippen LogP contribution in [0, 0.1) is 0 Å². The largest absolute Gasteiger partial charge is 0.354 e. The fraction of sp³-hybridized carbons (Fsp3) is 0.733. The molecule has 1 atom stereocenters. The van der Waals surface area contributed by atoms with Crippen molar-refractivity contribution in [2.24, 2.45) is 0 Å². The topological polar surface area (TPSA) is 44.3 Å². The highest BCUT2D eigenvalue weighted by Gasteiger charge is 2.44. The Balaban J connectivity index is 1.78. The summed E-state index contributed by atoms with van der Waals surface area (Å²) in [7, 11) is 0. The third-order valence-corrected chi connectivity index (χ3v) is 5.00. The van der Waals surface area contributed by atoms with Gasteiger partial charge < -0.3 is 15.1 Å². The van der Waals surface area contributed by atoms with Crippen molar-refractivity contribution in [2.45, 2.75) is 38.2 Å². The lowest BCUT2D eigenvalue weighted by Gasteiger charge is -2.39. The van der Waals surface area contributed by atoms with Gasteiger partial charge >= 0.3 is 0 Å². The van der Waals surface area contributed by atoms with Gasteiger partial charge in [-0.1, -0.05) is 0 Å². The minimum atomic E-state index is -2.82. The summed E-state index contributed by atoms with van der Waals surface area (Å²) in [5, 5.41) is 3.29. The predicted molar refractivity (Wildman–Crippen MR) is 80.8 cm³/mol. The molecule has 0 radical (unpaired) electrons. The van der Waals surface area contributed by atoms with Crippen LogP contribution < -0.4 is 15.1 Å². The van der Waals surface area contributed by atoms with E-state index in [1.54, 1.807) is 0 Å². The van der Waals surface area contributed by atoms with Gasteiger partial charge in [-0.2, -0.15) is 13.8 Å². The minimum Gasteiger partial charge on any atom is -0.354 e. The van der Waals surface area contributed by atoms with Crippen LogP contribution in [0.2, 0.25) is 0 Å². The Morgan fingerprint density at radius 2 is 1.95 bits per heavy atom. The molecule has 1 aliphatic carbocycles. The molecule has 2 aliphatic heterocycles. The molecule has 2 fully saturated rings. The molecule has 0 saturated carbocycles. The zero-order valence-electron chi connectivity index (χ0n) is 12.8. The van der Waals surface area contributed by atoms with Crippen LogP contribution in [-0.2, 0) is 12.3 Å². The molecule has 1 aromatic heterocycles. The van der Waals surface area contributed by atoms with Gasteiger partial charge in [0.2, 0.25) is 5.95 Å². The van der Waals surface area contributed by atoms with E-state index >= 15 is 0 Å². The number of anilines is 2. The summed E-state index contributed by atoms with van der Waals surface area (Å²) in [6, 6.07) is 0.337. The molecule has 4 rings (SSSR count). The summed E-state index contributed by atoms with van der Waals surface area (Å²) in [6.07, 6.45) is 1.30. The molecular weight excluding hydrogens is 288 g/mol. The molecule has 0 unspecified atom stereocenters. The number of alkyl halides is 2. The molecule has 0 bridgehead atoms. The average molecular weight is 309 g/mol. The molecule has 1 N–H and O–H groups in total. The lowest BCUT2D eigenvalue weighted by Crippen LogP contribution is -2.48. The summed E-state index contributed by atoms with van der Waals surface area (Å²) in [5.74, 6) is -1.60. The minimum absolute atomic E-state index is 0.0369. The highest BCUT2D eigenvalue weighted by Crippen LogP contribution is 2.44. The van der Waals surface area contributed by atoms with Gasteiger partial charge in [0.15, 0.2) is 0 Å². The highest BCUT2D eigenvalue weighted by atomic mass is 19.3. The molecule has 2 saturated heterocycles. The van der Waals surface area contributed by atoms with Crippen molar-refractivity contribution in [3.05, 3.63) is 11.3 Å². The van der Waals surface area contributed by atoms with E-state index in [-0.39, 0.29) is 12.1 Å². The number of fused-ring (bicyclic) bond motifs is 1. The van der Waals surface area contributed by atoms with Gasteiger partial charge in [-0.05, 0) is 19.8 Å². The van der Waals surface area contributed by atoms with E-state index in [9.17, 15) is 8.78 Å². The Kier molecular flexibility index (Phi) is 3.21. The zero-order chi connectivity index (χ0) is 15.3. The second-order valence-electron chi connectivity index (χ2n) is 6.45. The predicted octanol–water partition coefficient (Wildman–Crippen LogP) is 1.52. The maximum absolute atomic E-state index is 14.2. The van der Waals surface area contributed by atoms with Crippen molar-refractivity contribution in [1.82, 2.24) is 15.3 Å². The number of aromatic nitrogens is 2. The Morgan fingerprint density at radius 3 is 2.59 bits per heavy atom. The molecular formula is C15H21F2N5. The third kappa shape index (κ3) is 2.14. The summed E-state index contributed by atoms with van der Waals surface area (Å²) >= 11 is 0. The standard InChI is InChI=1S/C15H21F2N5/c1-10-3-7-22(10)14-19-12-11(2-4-15(12,16)17)13(20-14)21-8-5-18-6-9-21/h10,18H,2-9H2,1H3/t10-/m0/s1. The second-order valence-corrected chi connectivity index (χ2v) is 6.45. The fourth-order valence-electron chi connectivity index (χ4n) is 3.47. The van der Waals surface area contributed by atoms with Crippen LogP contribution in [0.5, 0.6) is 0 Å². The van der Waals surface area contributed by atoms with E-state index in [1.165, 1.54) is 0 Å².